The zero-order chi connectivity index (χ0) is 12.0. The summed E-state index contributed by atoms with van der Waals surface area (Å²) in [5.41, 5.74) is 6.70. The molecule has 0 aliphatic heterocycles. The Hall–Kier alpha value is -1.52. The first-order valence-corrected chi connectivity index (χ1v) is 6.32. The summed E-state index contributed by atoms with van der Waals surface area (Å²) in [4.78, 5) is 1.12. The van der Waals surface area contributed by atoms with Crippen LogP contribution < -0.4 is 5.73 Å². The van der Waals surface area contributed by atoms with E-state index >= 15 is 0 Å². The van der Waals surface area contributed by atoms with E-state index in [0.717, 1.165) is 25.7 Å². The number of hydrogen-bond donors (Lipinski definition) is 1. The first-order valence-electron chi connectivity index (χ1n) is 5.13. The number of halogens is 1. The standard InChI is InChI=1S/C12H10ClN3S/c1-16-9(6-11(14)15-16)10-5-7-3-2-4-8(13)12(7)17-10/h2-6H,1H3,(H2,14,15). The lowest BCUT2D eigenvalue weighted by atomic mass is 10.2. The third kappa shape index (κ3) is 1.69. The third-order valence-corrected chi connectivity index (χ3v) is 4.28. The van der Waals surface area contributed by atoms with Gasteiger partial charge < -0.3 is 5.73 Å². The van der Waals surface area contributed by atoms with Crippen LogP contribution >= 0.6 is 22.9 Å². The van der Waals surface area contributed by atoms with Crippen LogP contribution in [0.15, 0.2) is 30.3 Å². The Morgan fingerprint density at radius 2 is 2.18 bits per heavy atom. The Morgan fingerprint density at radius 3 is 2.82 bits per heavy atom. The van der Waals surface area contributed by atoms with Crippen LogP contribution in [0.25, 0.3) is 20.7 Å². The van der Waals surface area contributed by atoms with Crippen molar-refractivity contribution < 1.29 is 0 Å². The van der Waals surface area contributed by atoms with Crippen molar-refractivity contribution >= 4 is 38.8 Å². The number of nitrogens with zero attached hydrogens (tertiary/aromatic N) is 2. The van der Waals surface area contributed by atoms with Crippen molar-refractivity contribution in [3.63, 3.8) is 0 Å². The second kappa shape index (κ2) is 3.75. The summed E-state index contributed by atoms with van der Waals surface area (Å²) in [6.45, 7) is 0. The predicted molar refractivity (Wildman–Crippen MR) is 73.4 cm³/mol. The molecule has 0 bridgehead atoms. The van der Waals surface area contributed by atoms with E-state index in [2.05, 4.69) is 17.2 Å². The molecule has 1 aromatic carbocycles. The van der Waals surface area contributed by atoms with Gasteiger partial charge in [-0.25, -0.2) is 0 Å². The lowest BCUT2D eigenvalue weighted by Gasteiger charge is -1.95. The molecule has 3 aromatic rings. The number of anilines is 1. The van der Waals surface area contributed by atoms with Crippen molar-refractivity contribution in [2.75, 3.05) is 5.73 Å². The van der Waals surface area contributed by atoms with Gasteiger partial charge in [-0.2, -0.15) is 5.10 Å². The number of rotatable bonds is 1. The normalized spacial score (nSPS) is 11.2. The molecule has 0 atom stereocenters. The highest BCUT2D eigenvalue weighted by Crippen LogP contribution is 2.37. The van der Waals surface area contributed by atoms with E-state index in [9.17, 15) is 0 Å². The summed E-state index contributed by atoms with van der Waals surface area (Å²) in [5.74, 6) is 0.533. The van der Waals surface area contributed by atoms with Gasteiger partial charge in [0.05, 0.1) is 20.3 Å². The second-order valence-electron chi connectivity index (χ2n) is 3.85. The van der Waals surface area contributed by atoms with Gasteiger partial charge in [0.15, 0.2) is 0 Å². The Kier molecular flexibility index (Phi) is 2.34. The van der Waals surface area contributed by atoms with E-state index in [1.165, 1.54) is 0 Å². The van der Waals surface area contributed by atoms with E-state index in [0.29, 0.717) is 5.82 Å². The molecule has 2 heterocycles. The maximum Gasteiger partial charge on any atom is 0.146 e. The molecule has 0 amide bonds. The van der Waals surface area contributed by atoms with Crippen molar-refractivity contribution in [1.82, 2.24) is 9.78 Å². The minimum atomic E-state index is 0.533. The van der Waals surface area contributed by atoms with Crippen LogP contribution in [-0.4, -0.2) is 9.78 Å². The molecule has 2 aromatic heterocycles. The van der Waals surface area contributed by atoms with Crippen molar-refractivity contribution in [2.24, 2.45) is 7.05 Å². The molecule has 86 valence electrons. The first-order chi connectivity index (χ1) is 8.15. The van der Waals surface area contributed by atoms with E-state index in [-0.39, 0.29) is 0 Å². The van der Waals surface area contributed by atoms with Gasteiger partial charge in [0.25, 0.3) is 0 Å². The molecule has 0 spiro atoms. The van der Waals surface area contributed by atoms with E-state index < -0.39 is 0 Å². The number of hydrogen-bond acceptors (Lipinski definition) is 3. The lowest BCUT2D eigenvalue weighted by Crippen LogP contribution is -1.93. The van der Waals surface area contributed by atoms with Gasteiger partial charge in [-0.05, 0) is 17.5 Å². The smallest absolute Gasteiger partial charge is 0.146 e. The fourth-order valence-electron chi connectivity index (χ4n) is 1.87. The van der Waals surface area contributed by atoms with Crippen LogP contribution in [0.1, 0.15) is 0 Å². The number of benzene rings is 1. The molecule has 0 fully saturated rings. The van der Waals surface area contributed by atoms with E-state index in [1.807, 2.05) is 25.2 Å². The summed E-state index contributed by atoms with van der Waals surface area (Å²) >= 11 is 7.82. The lowest BCUT2D eigenvalue weighted by molar-refractivity contribution is 0.782. The molecule has 0 saturated carbocycles. The molecule has 0 saturated heterocycles. The quantitative estimate of drug-likeness (QED) is 0.730. The second-order valence-corrected chi connectivity index (χ2v) is 5.31. The van der Waals surface area contributed by atoms with Gasteiger partial charge >= 0.3 is 0 Å². The number of nitrogen functional groups attached to an aromatic ring is 1. The first kappa shape index (κ1) is 10.6. The SMILES string of the molecule is Cn1nc(N)cc1-c1cc2cccc(Cl)c2s1. The maximum absolute atomic E-state index is 6.17. The zero-order valence-corrected chi connectivity index (χ0v) is 10.7. The highest BCUT2D eigenvalue weighted by atomic mass is 35.5. The summed E-state index contributed by atoms with van der Waals surface area (Å²) in [6.07, 6.45) is 0. The van der Waals surface area contributed by atoms with Crippen molar-refractivity contribution in [3.05, 3.63) is 35.4 Å². The molecule has 3 nitrogen and oxygen atoms in total. The van der Waals surface area contributed by atoms with Crippen LogP contribution in [0.5, 0.6) is 0 Å². The number of fused-ring (bicyclic) bond motifs is 1. The van der Waals surface area contributed by atoms with Crippen LogP contribution in [0.4, 0.5) is 5.82 Å². The Balaban J connectivity index is 2.25. The molecular weight excluding hydrogens is 254 g/mol. The molecule has 2 N–H and O–H groups in total. The van der Waals surface area contributed by atoms with Crippen molar-refractivity contribution in [3.8, 4) is 10.6 Å². The van der Waals surface area contributed by atoms with Crippen LogP contribution in [-0.2, 0) is 7.05 Å². The molecule has 0 radical (unpaired) electrons. The summed E-state index contributed by atoms with van der Waals surface area (Å²) in [7, 11) is 1.89. The molecule has 0 unspecified atom stereocenters. The predicted octanol–water partition coefficient (Wildman–Crippen LogP) is 3.54. The molecule has 5 heteroatoms. The summed E-state index contributed by atoms with van der Waals surface area (Å²) in [5, 5.41) is 6.08. The average molecular weight is 264 g/mol. The number of aryl methyl sites for hydroxylation is 1. The largest absolute Gasteiger partial charge is 0.382 e. The van der Waals surface area contributed by atoms with Gasteiger partial charge in [-0.3, -0.25) is 4.68 Å². The summed E-state index contributed by atoms with van der Waals surface area (Å²) in [6, 6.07) is 9.91. The van der Waals surface area contributed by atoms with Gasteiger partial charge in [0.1, 0.15) is 5.82 Å². The van der Waals surface area contributed by atoms with Crippen LogP contribution in [0, 0.1) is 0 Å². The third-order valence-electron chi connectivity index (χ3n) is 2.65. The number of aromatic nitrogens is 2. The van der Waals surface area contributed by atoms with Gasteiger partial charge in [-0.1, -0.05) is 23.7 Å². The van der Waals surface area contributed by atoms with Gasteiger partial charge in [-0.15, -0.1) is 11.3 Å². The number of thiophene rings is 1. The van der Waals surface area contributed by atoms with E-state index in [4.69, 9.17) is 17.3 Å². The molecule has 3 rings (SSSR count). The van der Waals surface area contributed by atoms with Gasteiger partial charge in [0.2, 0.25) is 0 Å². The number of nitrogens with two attached hydrogens (primary N) is 1. The Bertz CT molecular complexity index is 699. The fourth-order valence-corrected chi connectivity index (χ4v) is 3.28. The topological polar surface area (TPSA) is 43.8 Å². The fraction of sp³-hybridized carbons (Fsp3) is 0.0833. The average Bonchev–Trinajstić information content (AvgIpc) is 2.82. The monoisotopic (exact) mass is 263 g/mol. The summed E-state index contributed by atoms with van der Waals surface area (Å²) < 4.78 is 2.89. The molecule has 0 aliphatic carbocycles. The van der Waals surface area contributed by atoms with Gasteiger partial charge in [0, 0.05) is 13.1 Å². The maximum atomic E-state index is 6.17. The zero-order valence-electron chi connectivity index (χ0n) is 9.14. The Morgan fingerprint density at radius 1 is 1.35 bits per heavy atom. The van der Waals surface area contributed by atoms with Crippen molar-refractivity contribution in [2.45, 2.75) is 0 Å². The minimum absolute atomic E-state index is 0.533. The highest BCUT2D eigenvalue weighted by molar-refractivity contribution is 7.22. The molecule has 0 aliphatic rings. The molecular formula is C12H10ClN3S. The van der Waals surface area contributed by atoms with Crippen LogP contribution in [0.3, 0.4) is 0 Å². The highest BCUT2D eigenvalue weighted by Gasteiger charge is 2.10. The van der Waals surface area contributed by atoms with Crippen molar-refractivity contribution in [1.29, 1.82) is 0 Å². The molecule has 17 heavy (non-hydrogen) atoms. The van der Waals surface area contributed by atoms with E-state index in [1.54, 1.807) is 16.0 Å². The minimum Gasteiger partial charge on any atom is -0.382 e. The van der Waals surface area contributed by atoms with Crippen LogP contribution in [0.2, 0.25) is 5.02 Å². The Labute approximate surface area is 107 Å².